The third-order valence-corrected chi connectivity index (χ3v) is 1.66. The summed E-state index contributed by atoms with van der Waals surface area (Å²) in [7, 11) is 0. The van der Waals surface area contributed by atoms with Crippen LogP contribution in [-0.2, 0) is 0 Å². The Morgan fingerprint density at radius 2 is 1.40 bits per heavy atom. The van der Waals surface area contributed by atoms with Gasteiger partial charge >= 0.3 is 0 Å². The average molecular weight is 134 g/mol. The Morgan fingerprint density at radius 1 is 1.00 bits per heavy atom. The van der Waals surface area contributed by atoms with E-state index in [1.807, 2.05) is 0 Å². The molecule has 0 heterocycles. The van der Waals surface area contributed by atoms with Crippen LogP contribution in [0.4, 0.5) is 0 Å². The topological polar surface area (TPSA) is 0 Å². The van der Waals surface area contributed by atoms with Crippen molar-refractivity contribution in [1.29, 1.82) is 0 Å². The summed E-state index contributed by atoms with van der Waals surface area (Å²) in [5, 5.41) is 0. The van der Waals surface area contributed by atoms with Crippen LogP contribution in [0.15, 0.2) is 35.5 Å². The van der Waals surface area contributed by atoms with E-state index in [9.17, 15) is 0 Å². The van der Waals surface area contributed by atoms with Crippen molar-refractivity contribution in [3.05, 3.63) is 35.5 Å². The van der Waals surface area contributed by atoms with Crippen LogP contribution < -0.4 is 0 Å². The third-order valence-electron chi connectivity index (χ3n) is 1.66. The zero-order valence-electron chi connectivity index (χ0n) is 6.89. The minimum absolute atomic E-state index is 0.593. The van der Waals surface area contributed by atoms with Crippen molar-refractivity contribution in [3.63, 3.8) is 0 Å². The lowest BCUT2D eigenvalue weighted by molar-refractivity contribution is 0.925. The van der Waals surface area contributed by atoms with Gasteiger partial charge in [0, 0.05) is 0 Å². The van der Waals surface area contributed by atoms with Gasteiger partial charge in [-0.1, -0.05) is 42.4 Å². The zero-order valence-corrected chi connectivity index (χ0v) is 6.89. The molecule has 0 heteroatoms. The molecule has 1 aliphatic rings. The lowest BCUT2D eigenvalue weighted by Crippen LogP contribution is -1.82. The summed E-state index contributed by atoms with van der Waals surface area (Å²) >= 11 is 0. The molecule has 0 atom stereocenters. The van der Waals surface area contributed by atoms with E-state index in [1.165, 1.54) is 11.1 Å². The van der Waals surface area contributed by atoms with Crippen molar-refractivity contribution in [1.82, 2.24) is 0 Å². The van der Waals surface area contributed by atoms with E-state index in [2.05, 4.69) is 45.1 Å². The Balaban J connectivity index is 2.87. The summed E-state index contributed by atoms with van der Waals surface area (Å²) in [5.74, 6) is 0.593. The summed E-state index contributed by atoms with van der Waals surface area (Å²) in [6.45, 7) is 6.48. The quantitative estimate of drug-likeness (QED) is 0.477. The molecule has 0 aromatic rings. The highest BCUT2D eigenvalue weighted by Gasteiger charge is 1.96. The normalized spacial score (nSPS) is 19.9. The molecule has 1 aliphatic carbocycles. The first kappa shape index (κ1) is 7.33. The van der Waals surface area contributed by atoms with Gasteiger partial charge in [0.1, 0.15) is 0 Å². The summed E-state index contributed by atoms with van der Waals surface area (Å²) in [4.78, 5) is 0. The van der Waals surface area contributed by atoms with Crippen molar-refractivity contribution in [3.8, 4) is 0 Å². The molecule has 0 aliphatic heterocycles. The first-order chi connectivity index (χ1) is 4.68. The van der Waals surface area contributed by atoms with Gasteiger partial charge in [0.15, 0.2) is 0 Å². The van der Waals surface area contributed by atoms with Crippen molar-refractivity contribution >= 4 is 0 Å². The largest absolute Gasteiger partial charge is 0.0749 e. The SMILES string of the molecule is CC1=CC(C)C=C(C)C=C1. The molecular weight excluding hydrogens is 120 g/mol. The van der Waals surface area contributed by atoms with Gasteiger partial charge in [-0.25, -0.2) is 0 Å². The molecule has 0 amide bonds. The third kappa shape index (κ3) is 1.87. The lowest BCUT2D eigenvalue weighted by atomic mass is 10.1. The van der Waals surface area contributed by atoms with Crippen LogP contribution in [0.25, 0.3) is 0 Å². The zero-order chi connectivity index (χ0) is 7.56. The molecule has 0 N–H and O–H groups in total. The predicted octanol–water partition coefficient (Wildman–Crippen LogP) is 3.08. The summed E-state index contributed by atoms with van der Waals surface area (Å²) < 4.78 is 0. The van der Waals surface area contributed by atoms with E-state index in [1.54, 1.807) is 0 Å². The second-order valence-corrected chi connectivity index (χ2v) is 3.01. The number of hydrogen-bond donors (Lipinski definition) is 0. The van der Waals surface area contributed by atoms with E-state index < -0.39 is 0 Å². The van der Waals surface area contributed by atoms with Gasteiger partial charge in [-0.2, -0.15) is 0 Å². The Labute approximate surface area is 62.9 Å². The van der Waals surface area contributed by atoms with Crippen LogP contribution in [0, 0.1) is 5.92 Å². The van der Waals surface area contributed by atoms with Gasteiger partial charge < -0.3 is 0 Å². The van der Waals surface area contributed by atoms with Crippen LogP contribution in [0.1, 0.15) is 20.8 Å². The second-order valence-electron chi connectivity index (χ2n) is 3.01. The molecule has 0 saturated carbocycles. The van der Waals surface area contributed by atoms with Gasteiger partial charge in [0.05, 0.1) is 0 Å². The van der Waals surface area contributed by atoms with Gasteiger partial charge in [-0.3, -0.25) is 0 Å². The first-order valence-electron chi connectivity index (χ1n) is 3.73. The van der Waals surface area contributed by atoms with Crippen molar-refractivity contribution < 1.29 is 0 Å². The molecule has 0 saturated heterocycles. The first-order valence-corrected chi connectivity index (χ1v) is 3.73. The van der Waals surface area contributed by atoms with E-state index in [0.29, 0.717) is 5.92 Å². The number of allylic oxidation sites excluding steroid dienone is 6. The van der Waals surface area contributed by atoms with Gasteiger partial charge in [0.2, 0.25) is 0 Å². The fraction of sp³-hybridized carbons (Fsp3) is 0.400. The summed E-state index contributed by atoms with van der Waals surface area (Å²) in [6.07, 6.45) is 8.87. The van der Waals surface area contributed by atoms with Crippen LogP contribution >= 0.6 is 0 Å². The Morgan fingerprint density at radius 3 is 1.80 bits per heavy atom. The molecule has 10 heavy (non-hydrogen) atoms. The molecule has 54 valence electrons. The Kier molecular flexibility index (Phi) is 2.10. The van der Waals surface area contributed by atoms with Crippen LogP contribution in [0.2, 0.25) is 0 Å². The molecule has 0 nitrogen and oxygen atoms in total. The van der Waals surface area contributed by atoms with E-state index in [0.717, 1.165) is 0 Å². The molecule has 0 bridgehead atoms. The minimum Gasteiger partial charge on any atom is -0.0749 e. The van der Waals surface area contributed by atoms with Crippen molar-refractivity contribution in [2.45, 2.75) is 20.8 Å². The van der Waals surface area contributed by atoms with Crippen molar-refractivity contribution in [2.75, 3.05) is 0 Å². The summed E-state index contributed by atoms with van der Waals surface area (Å²) in [5.41, 5.74) is 2.72. The Bertz CT molecular complexity index is 182. The highest BCUT2D eigenvalue weighted by Crippen LogP contribution is 2.13. The highest BCUT2D eigenvalue weighted by atomic mass is 14.0. The molecule has 0 aromatic heterocycles. The van der Waals surface area contributed by atoms with E-state index in [4.69, 9.17) is 0 Å². The smallest absolute Gasteiger partial charge is 0.00705 e. The van der Waals surface area contributed by atoms with E-state index >= 15 is 0 Å². The van der Waals surface area contributed by atoms with Crippen LogP contribution in [0.3, 0.4) is 0 Å². The van der Waals surface area contributed by atoms with Gasteiger partial charge in [0.25, 0.3) is 0 Å². The molecule has 0 aromatic carbocycles. The number of hydrogen-bond acceptors (Lipinski definition) is 0. The molecule has 0 radical (unpaired) electrons. The standard InChI is InChI=1S/C10H14/c1-8-4-5-9(2)7-10(3)6-8/h4-7,10H,1-3H3. The molecule has 0 fully saturated rings. The second kappa shape index (κ2) is 2.87. The van der Waals surface area contributed by atoms with Gasteiger partial charge in [-0.05, 0) is 19.8 Å². The molecule has 0 unspecified atom stereocenters. The number of rotatable bonds is 0. The highest BCUT2D eigenvalue weighted by molar-refractivity contribution is 5.31. The van der Waals surface area contributed by atoms with Gasteiger partial charge in [-0.15, -0.1) is 0 Å². The fourth-order valence-corrected chi connectivity index (χ4v) is 1.25. The minimum atomic E-state index is 0.593. The molecule has 0 spiro atoms. The van der Waals surface area contributed by atoms with Crippen LogP contribution in [0.5, 0.6) is 0 Å². The maximum atomic E-state index is 2.27. The molecule has 1 rings (SSSR count). The average Bonchev–Trinajstić information content (AvgIpc) is 1.93. The summed E-state index contributed by atoms with van der Waals surface area (Å²) in [6, 6.07) is 0. The van der Waals surface area contributed by atoms with Crippen LogP contribution in [-0.4, -0.2) is 0 Å². The Hall–Kier alpha value is -0.780. The monoisotopic (exact) mass is 134 g/mol. The lowest BCUT2D eigenvalue weighted by Gasteiger charge is -1.96. The maximum Gasteiger partial charge on any atom is -0.00705 e. The maximum absolute atomic E-state index is 2.27. The van der Waals surface area contributed by atoms with Crippen molar-refractivity contribution in [2.24, 2.45) is 5.92 Å². The molecular formula is C10H14. The fourth-order valence-electron chi connectivity index (χ4n) is 1.25. The van der Waals surface area contributed by atoms with E-state index in [-0.39, 0.29) is 0 Å². The predicted molar refractivity (Wildman–Crippen MR) is 45.8 cm³/mol.